The molecule has 246 valence electrons. The zero-order valence-corrected chi connectivity index (χ0v) is 28.9. The molecule has 2 heterocycles. The van der Waals surface area contributed by atoms with Gasteiger partial charge in [-0.1, -0.05) is 164 Å². The number of benzene rings is 9. The lowest BCUT2D eigenvalue weighted by molar-refractivity contribution is 1.18. The molecule has 11 rings (SSSR count). The summed E-state index contributed by atoms with van der Waals surface area (Å²) >= 11 is 0. The van der Waals surface area contributed by atoms with Crippen molar-refractivity contribution in [2.45, 2.75) is 0 Å². The molecule has 11 aromatic rings. The fraction of sp³-hybridized carbons (Fsp3) is 0. The Morgan fingerprint density at radius 3 is 1.81 bits per heavy atom. The van der Waals surface area contributed by atoms with Crippen molar-refractivity contribution in [1.82, 2.24) is 9.55 Å². The van der Waals surface area contributed by atoms with Crippen LogP contribution in [0.2, 0.25) is 0 Å². The van der Waals surface area contributed by atoms with Gasteiger partial charge in [-0.05, 0) is 73.8 Å². The van der Waals surface area contributed by atoms with E-state index in [1.54, 1.807) is 0 Å². The Bertz CT molecular complexity index is 3220. The van der Waals surface area contributed by atoms with E-state index in [0.29, 0.717) is 0 Å². The van der Waals surface area contributed by atoms with Crippen LogP contribution in [0.5, 0.6) is 0 Å². The highest BCUT2D eigenvalue weighted by atomic mass is 15.0. The van der Waals surface area contributed by atoms with Gasteiger partial charge < -0.3 is 4.57 Å². The fourth-order valence-electron chi connectivity index (χ4n) is 8.57. The first-order chi connectivity index (χ1) is 26.3. The van der Waals surface area contributed by atoms with Crippen LogP contribution in [0.1, 0.15) is 0 Å². The second kappa shape index (κ2) is 11.8. The van der Waals surface area contributed by atoms with E-state index in [0.717, 1.165) is 33.8 Å². The van der Waals surface area contributed by atoms with Crippen molar-refractivity contribution < 1.29 is 0 Å². The topological polar surface area (TPSA) is 17.8 Å². The van der Waals surface area contributed by atoms with Crippen molar-refractivity contribution in [1.29, 1.82) is 0 Å². The van der Waals surface area contributed by atoms with Crippen LogP contribution < -0.4 is 0 Å². The van der Waals surface area contributed by atoms with Gasteiger partial charge in [-0.3, -0.25) is 0 Å². The summed E-state index contributed by atoms with van der Waals surface area (Å²) in [6, 6.07) is 70.3. The standard InChI is InChI=1S/C51H32N2/c1-2-14-33(15-3-1)37-31-46(52-47(32-37)42-26-13-18-34-16-4-6-21-39(34)42)36-19-12-20-38(30-36)53-48-27-11-10-25-45(48)50-49-40-22-7-5-17-35(40)28-29-43(49)41-23-8-9-24-44(41)51(50)53/h1-32H. The quantitative estimate of drug-likeness (QED) is 0.170. The summed E-state index contributed by atoms with van der Waals surface area (Å²) in [5, 5.41) is 12.6. The van der Waals surface area contributed by atoms with Crippen LogP contribution in [0.4, 0.5) is 0 Å². The van der Waals surface area contributed by atoms with E-state index in [1.807, 2.05) is 0 Å². The second-order valence-electron chi connectivity index (χ2n) is 13.9. The lowest BCUT2D eigenvalue weighted by Crippen LogP contribution is -1.97. The van der Waals surface area contributed by atoms with Gasteiger partial charge in [0.05, 0.1) is 22.4 Å². The molecule has 0 aliphatic heterocycles. The highest BCUT2D eigenvalue weighted by Gasteiger charge is 2.21. The number of aromatic nitrogens is 2. The van der Waals surface area contributed by atoms with Gasteiger partial charge in [-0.2, -0.15) is 0 Å². The summed E-state index contributed by atoms with van der Waals surface area (Å²) in [6.45, 7) is 0. The maximum atomic E-state index is 5.41. The van der Waals surface area contributed by atoms with E-state index in [-0.39, 0.29) is 0 Å². The van der Waals surface area contributed by atoms with Gasteiger partial charge in [0.2, 0.25) is 0 Å². The smallest absolute Gasteiger partial charge is 0.0721 e. The molecular weight excluding hydrogens is 641 g/mol. The van der Waals surface area contributed by atoms with E-state index in [4.69, 9.17) is 4.98 Å². The van der Waals surface area contributed by atoms with Crippen LogP contribution >= 0.6 is 0 Å². The molecule has 0 radical (unpaired) electrons. The van der Waals surface area contributed by atoms with Crippen molar-refractivity contribution in [3.8, 4) is 39.3 Å². The first-order valence-corrected chi connectivity index (χ1v) is 18.2. The number of hydrogen-bond acceptors (Lipinski definition) is 1. The summed E-state index contributed by atoms with van der Waals surface area (Å²) < 4.78 is 2.48. The Hall–Kier alpha value is -7.03. The molecule has 2 nitrogen and oxygen atoms in total. The molecule has 0 aliphatic carbocycles. The van der Waals surface area contributed by atoms with Gasteiger partial charge in [0.15, 0.2) is 0 Å². The van der Waals surface area contributed by atoms with E-state index in [9.17, 15) is 0 Å². The Kier molecular flexibility index (Phi) is 6.59. The number of pyridine rings is 1. The van der Waals surface area contributed by atoms with Crippen LogP contribution in [-0.2, 0) is 0 Å². The van der Waals surface area contributed by atoms with Gasteiger partial charge in [0, 0.05) is 38.4 Å². The van der Waals surface area contributed by atoms with Crippen molar-refractivity contribution in [2.24, 2.45) is 0 Å². The second-order valence-corrected chi connectivity index (χ2v) is 13.9. The monoisotopic (exact) mass is 672 g/mol. The predicted molar refractivity (Wildman–Crippen MR) is 225 cm³/mol. The molecule has 0 spiro atoms. The van der Waals surface area contributed by atoms with Gasteiger partial charge >= 0.3 is 0 Å². The molecule has 0 bridgehead atoms. The third-order valence-corrected chi connectivity index (χ3v) is 10.9. The van der Waals surface area contributed by atoms with Crippen molar-refractivity contribution in [3.05, 3.63) is 194 Å². The minimum Gasteiger partial charge on any atom is -0.309 e. The van der Waals surface area contributed by atoms with E-state index in [2.05, 4.69) is 199 Å². The highest BCUT2D eigenvalue weighted by molar-refractivity contribution is 6.36. The largest absolute Gasteiger partial charge is 0.309 e. The lowest BCUT2D eigenvalue weighted by atomic mass is 9.93. The molecule has 0 unspecified atom stereocenters. The van der Waals surface area contributed by atoms with Gasteiger partial charge in [-0.25, -0.2) is 4.98 Å². The van der Waals surface area contributed by atoms with Crippen LogP contribution in [0, 0.1) is 0 Å². The zero-order chi connectivity index (χ0) is 34.9. The minimum absolute atomic E-state index is 0.943. The zero-order valence-electron chi connectivity index (χ0n) is 28.9. The first-order valence-electron chi connectivity index (χ1n) is 18.2. The Morgan fingerprint density at radius 1 is 0.340 bits per heavy atom. The lowest BCUT2D eigenvalue weighted by Gasteiger charge is -2.15. The fourth-order valence-corrected chi connectivity index (χ4v) is 8.57. The van der Waals surface area contributed by atoms with Gasteiger partial charge in [-0.15, -0.1) is 0 Å². The molecule has 0 saturated carbocycles. The number of para-hydroxylation sites is 1. The van der Waals surface area contributed by atoms with Crippen molar-refractivity contribution >= 4 is 64.9 Å². The van der Waals surface area contributed by atoms with Crippen LogP contribution in [0.3, 0.4) is 0 Å². The van der Waals surface area contributed by atoms with E-state index >= 15 is 0 Å². The summed E-state index contributed by atoms with van der Waals surface area (Å²) in [7, 11) is 0. The molecule has 0 N–H and O–H groups in total. The molecule has 9 aromatic carbocycles. The third kappa shape index (κ3) is 4.63. The molecule has 2 heteroatoms. The molecule has 0 saturated heterocycles. The molecule has 0 atom stereocenters. The van der Waals surface area contributed by atoms with Crippen LogP contribution in [0.15, 0.2) is 194 Å². The molecule has 2 aromatic heterocycles. The number of nitrogens with zero attached hydrogens (tertiary/aromatic N) is 2. The third-order valence-electron chi connectivity index (χ3n) is 10.9. The van der Waals surface area contributed by atoms with Gasteiger partial charge in [0.25, 0.3) is 0 Å². The number of hydrogen-bond donors (Lipinski definition) is 0. The minimum atomic E-state index is 0.943. The van der Waals surface area contributed by atoms with E-state index in [1.165, 1.54) is 70.5 Å². The first kappa shape index (κ1) is 29.7. The summed E-state index contributed by atoms with van der Waals surface area (Å²) in [6.07, 6.45) is 0. The summed E-state index contributed by atoms with van der Waals surface area (Å²) in [4.78, 5) is 5.41. The Labute approximate surface area is 306 Å². The van der Waals surface area contributed by atoms with E-state index < -0.39 is 0 Å². The molecular formula is C51H32N2. The van der Waals surface area contributed by atoms with Crippen molar-refractivity contribution in [3.63, 3.8) is 0 Å². The summed E-state index contributed by atoms with van der Waals surface area (Å²) in [5.74, 6) is 0. The SMILES string of the molecule is c1ccc(-c2cc(-c3cccc(-n4c5ccccc5c5c6c7ccccc7ccc6c6ccccc6c54)c3)nc(-c3cccc4ccccc34)c2)cc1. The Balaban J connectivity index is 1.21. The maximum Gasteiger partial charge on any atom is 0.0721 e. The maximum absolute atomic E-state index is 5.41. The van der Waals surface area contributed by atoms with Crippen LogP contribution in [-0.4, -0.2) is 9.55 Å². The number of fused-ring (bicyclic) bond motifs is 11. The molecule has 0 aliphatic rings. The normalized spacial score (nSPS) is 11.8. The average molecular weight is 673 g/mol. The van der Waals surface area contributed by atoms with Crippen LogP contribution in [0.25, 0.3) is 104 Å². The summed E-state index contributed by atoms with van der Waals surface area (Å²) in [5.41, 5.74) is 9.94. The average Bonchev–Trinajstić information content (AvgIpc) is 3.59. The molecule has 53 heavy (non-hydrogen) atoms. The van der Waals surface area contributed by atoms with Gasteiger partial charge in [0.1, 0.15) is 0 Å². The predicted octanol–water partition coefficient (Wildman–Crippen LogP) is 13.8. The Morgan fingerprint density at radius 2 is 0.962 bits per heavy atom. The molecule has 0 amide bonds. The highest BCUT2D eigenvalue weighted by Crippen LogP contribution is 2.45. The number of rotatable bonds is 4. The molecule has 0 fully saturated rings. The van der Waals surface area contributed by atoms with Crippen molar-refractivity contribution in [2.75, 3.05) is 0 Å².